The van der Waals surface area contributed by atoms with E-state index in [0.29, 0.717) is 32.5 Å². The third kappa shape index (κ3) is 5.25. The molecule has 0 spiro atoms. The maximum absolute atomic E-state index is 13.7. The highest BCUT2D eigenvalue weighted by Crippen LogP contribution is 2.38. The van der Waals surface area contributed by atoms with Crippen LogP contribution >= 0.6 is 0 Å². The van der Waals surface area contributed by atoms with E-state index in [1.807, 2.05) is 46.0 Å². The van der Waals surface area contributed by atoms with Gasteiger partial charge in [-0.25, -0.2) is 9.18 Å². The van der Waals surface area contributed by atoms with Crippen molar-refractivity contribution in [2.24, 2.45) is 0 Å². The Morgan fingerprint density at radius 1 is 1.21 bits per heavy atom. The van der Waals surface area contributed by atoms with Crippen LogP contribution in [0, 0.1) is 12.7 Å². The number of amides is 1. The van der Waals surface area contributed by atoms with Gasteiger partial charge >= 0.3 is 6.09 Å². The fourth-order valence-corrected chi connectivity index (χ4v) is 4.70. The molecule has 1 aromatic heterocycles. The van der Waals surface area contributed by atoms with Crippen LogP contribution in [0.3, 0.4) is 0 Å². The Morgan fingerprint density at radius 2 is 1.88 bits per heavy atom. The minimum absolute atomic E-state index is 0.163. The molecule has 1 aliphatic rings. The smallest absolute Gasteiger partial charge is 0.410 e. The molecule has 1 fully saturated rings. The Balaban J connectivity index is 1.54. The van der Waals surface area contributed by atoms with Crippen molar-refractivity contribution in [2.75, 3.05) is 19.7 Å². The first-order valence-corrected chi connectivity index (χ1v) is 11.9. The van der Waals surface area contributed by atoms with E-state index in [2.05, 4.69) is 29.3 Å². The number of ether oxygens (including phenoxy) is 2. The summed E-state index contributed by atoms with van der Waals surface area (Å²) in [5.74, 6) is -0.263. The van der Waals surface area contributed by atoms with E-state index in [1.54, 1.807) is 4.90 Å². The van der Waals surface area contributed by atoms with E-state index in [9.17, 15) is 9.18 Å². The summed E-state index contributed by atoms with van der Waals surface area (Å²) in [5, 5.41) is 8.34. The topological polar surface area (TPSA) is 67.4 Å². The molecule has 0 radical (unpaired) electrons. The second-order valence-electron chi connectivity index (χ2n) is 10.4. The SMILES string of the molecule is Cc1cc(C(C)OCC2(c3ccc(F)cc3)CCN(C(=O)OC(C)(C)C)CC2)c2[nH]ncc2c1. The minimum atomic E-state index is -0.535. The standard InChI is InChI=1S/C27H34FN3O3/c1-18-14-20-16-29-30-24(20)23(15-18)19(2)33-17-27(21-6-8-22(28)9-7-21)10-12-31(13-11-27)25(32)34-26(3,4)5/h6-9,14-16,19H,10-13,17H2,1-5H3,(H,29,30). The van der Waals surface area contributed by atoms with Crippen molar-refractivity contribution in [3.63, 3.8) is 0 Å². The van der Waals surface area contributed by atoms with E-state index < -0.39 is 5.60 Å². The maximum Gasteiger partial charge on any atom is 0.410 e. The predicted octanol–water partition coefficient (Wildman–Crippen LogP) is 6.06. The quantitative estimate of drug-likeness (QED) is 0.495. The monoisotopic (exact) mass is 467 g/mol. The number of fused-ring (bicyclic) bond motifs is 1. The number of rotatable bonds is 5. The number of likely N-dealkylation sites (tertiary alicyclic amines) is 1. The lowest BCUT2D eigenvalue weighted by atomic mass is 9.73. The first-order valence-electron chi connectivity index (χ1n) is 11.9. The summed E-state index contributed by atoms with van der Waals surface area (Å²) in [6.45, 7) is 11.3. The predicted molar refractivity (Wildman–Crippen MR) is 130 cm³/mol. The van der Waals surface area contributed by atoms with Gasteiger partial charge in [0.05, 0.1) is 24.4 Å². The van der Waals surface area contributed by atoms with Gasteiger partial charge in [-0.2, -0.15) is 5.10 Å². The van der Waals surface area contributed by atoms with Crippen molar-refractivity contribution in [1.29, 1.82) is 0 Å². The molecule has 0 saturated carbocycles. The zero-order chi connectivity index (χ0) is 24.5. The van der Waals surface area contributed by atoms with Gasteiger partial charge in [-0.05, 0) is 76.8 Å². The van der Waals surface area contributed by atoms with Gasteiger partial charge in [0, 0.05) is 29.5 Å². The number of carbonyl (C=O) groups excluding carboxylic acids is 1. The molecule has 2 aromatic carbocycles. The molecule has 0 aliphatic carbocycles. The molecule has 7 heteroatoms. The molecule has 4 rings (SSSR count). The lowest BCUT2D eigenvalue weighted by molar-refractivity contribution is -0.00934. The second kappa shape index (κ2) is 9.37. The van der Waals surface area contributed by atoms with Crippen LogP contribution in [-0.2, 0) is 14.9 Å². The van der Waals surface area contributed by atoms with Gasteiger partial charge in [-0.3, -0.25) is 5.10 Å². The summed E-state index contributed by atoms with van der Waals surface area (Å²) in [5.41, 5.74) is 3.37. The summed E-state index contributed by atoms with van der Waals surface area (Å²) in [6, 6.07) is 10.9. The van der Waals surface area contributed by atoms with E-state index in [0.717, 1.165) is 27.6 Å². The fourth-order valence-electron chi connectivity index (χ4n) is 4.70. The lowest BCUT2D eigenvalue weighted by Gasteiger charge is -2.42. The van der Waals surface area contributed by atoms with Crippen LogP contribution in [0.15, 0.2) is 42.6 Å². The average Bonchev–Trinajstić information content (AvgIpc) is 3.25. The normalized spacial score (nSPS) is 17.1. The van der Waals surface area contributed by atoms with Crippen molar-refractivity contribution in [2.45, 2.75) is 64.6 Å². The second-order valence-corrected chi connectivity index (χ2v) is 10.4. The average molecular weight is 468 g/mol. The molecule has 1 unspecified atom stereocenters. The molecule has 182 valence electrons. The fraction of sp³-hybridized carbons (Fsp3) is 0.481. The number of halogens is 1. The Hall–Kier alpha value is -2.93. The number of nitrogens with one attached hydrogen (secondary N) is 1. The van der Waals surface area contributed by atoms with Crippen LogP contribution < -0.4 is 0 Å². The summed E-state index contributed by atoms with van der Waals surface area (Å²) in [6.07, 6.45) is 2.78. The van der Waals surface area contributed by atoms with Crippen molar-refractivity contribution in [3.8, 4) is 0 Å². The van der Waals surface area contributed by atoms with Crippen LogP contribution in [0.5, 0.6) is 0 Å². The summed E-state index contributed by atoms with van der Waals surface area (Å²) < 4.78 is 25.7. The number of aromatic amines is 1. The van der Waals surface area contributed by atoms with Crippen molar-refractivity contribution < 1.29 is 18.7 Å². The van der Waals surface area contributed by atoms with E-state index in [-0.39, 0.29) is 23.4 Å². The number of aromatic nitrogens is 2. The Morgan fingerprint density at radius 3 is 2.53 bits per heavy atom. The van der Waals surface area contributed by atoms with Crippen molar-refractivity contribution in [1.82, 2.24) is 15.1 Å². The summed E-state index contributed by atoms with van der Waals surface area (Å²) >= 11 is 0. The number of carbonyl (C=O) groups is 1. The summed E-state index contributed by atoms with van der Waals surface area (Å²) in [7, 11) is 0. The van der Waals surface area contributed by atoms with Crippen LogP contribution in [0.1, 0.15) is 63.3 Å². The number of piperidine rings is 1. The van der Waals surface area contributed by atoms with Gasteiger partial charge < -0.3 is 14.4 Å². The third-order valence-corrected chi connectivity index (χ3v) is 6.60. The third-order valence-electron chi connectivity index (χ3n) is 6.60. The molecule has 1 N–H and O–H groups in total. The highest BCUT2D eigenvalue weighted by Gasteiger charge is 2.39. The number of nitrogens with zero attached hydrogens (tertiary/aromatic N) is 2. The van der Waals surface area contributed by atoms with E-state index in [1.165, 1.54) is 12.1 Å². The molecule has 3 aromatic rings. The Kier molecular flexibility index (Phi) is 6.67. The van der Waals surface area contributed by atoms with E-state index in [4.69, 9.17) is 9.47 Å². The van der Waals surface area contributed by atoms with Crippen LogP contribution in [-0.4, -0.2) is 46.5 Å². The number of hydrogen-bond donors (Lipinski definition) is 1. The van der Waals surface area contributed by atoms with Gasteiger partial charge in [0.1, 0.15) is 11.4 Å². The van der Waals surface area contributed by atoms with E-state index >= 15 is 0 Å². The largest absolute Gasteiger partial charge is 0.444 e. The molecule has 1 atom stereocenters. The number of H-pyrrole nitrogens is 1. The van der Waals surface area contributed by atoms with Gasteiger partial charge in [0.2, 0.25) is 0 Å². The number of hydrogen-bond acceptors (Lipinski definition) is 4. The summed E-state index contributed by atoms with van der Waals surface area (Å²) in [4.78, 5) is 14.4. The molecule has 6 nitrogen and oxygen atoms in total. The molecular formula is C27H34FN3O3. The van der Waals surface area contributed by atoms with Crippen LogP contribution in [0.2, 0.25) is 0 Å². The van der Waals surface area contributed by atoms with Crippen molar-refractivity contribution >= 4 is 17.0 Å². The van der Waals surface area contributed by atoms with Gasteiger partial charge in [-0.15, -0.1) is 0 Å². The zero-order valence-electron chi connectivity index (χ0n) is 20.7. The zero-order valence-corrected chi connectivity index (χ0v) is 20.7. The Bertz CT molecular complexity index is 1140. The maximum atomic E-state index is 13.7. The highest BCUT2D eigenvalue weighted by atomic mass is 19.1. The molecule has 2 heterocycles. The van der Waals surface area contributed by atoms with Gasteiger partial charge in [0.25, 0.3) is 0 Å². The number of benzene rings is 2. The lowest BCUT2D eigenvalue weighted by Crippen LogP contribution is -2.48. The molecule has 34 heavy (non-hydrogen) atoms. The van der Waals surface area contributed by atoms with Crippen molar-refractivity contribution in [3.05, 3.63) is 65.1 Å². The molecule has 1 amide bonds. The first-order chi connectivity index (χ1) is 16.1. The van der Waals surface area contributed by atoms with Crippen LogP contribution in [0.4, 0.5) is 9.18 Å². The molecular weight excluding hydrogens is 433 g/mol. The number of aryl methyl sites for hydroxylation is 1. The Labute approximate surface area is 200 Å². The highest BCUT2D eigenvalue weighted by molar-refractivity contribution is 5.82. The van der Waals surface area contributed by atoms with Gasteiger partial charge in [0.15, 0.2) is 0 Å². The molecule has 0 bridgehead atoms. The molecule has 1 aliphatic heterocycles. The van der Waals surface area contributed by atoms with Crippen LogP contribution in [0.25, 0.3) is 10.9 Å². The van der Waals surface area contributed by atoms with Gasteiger partial charge in [-0.1, -0.05) is 18.2 Å². The molecule has 1 saturated heterocycles. The first kappa shape index (κ1) is 24.2. The minimum Gasteiger partial charge on any atom is -0.444 e.